The first kappa shape index (κ1) is 38.5. The van der Waals surface area contributed by atoms with Crippen molar-refractivity contribution in [1.82, 2.24) is 42.5 Å². The first-order valence-electron chi connectivity index (χ1n) is 21.0. The Kier molecular flexibility index (Phi) is 13.7. The monoisotopic (exact) mass is 764 g/mol. The van der Waals surface area contributed by atoms with Gasteiger partial charge in [0.15, 0.2) is 0 Å². The van der Waals surface area contributed by atoms with E-state index in [0.29, 0.717) is 66.9 Å². The Morgan fingerprint density at radius 3 is 1.16 bits per heavy atom. The Morgan fingerprint density at radius 1 is 0.460 bits per heavy atom. The molecule has 16 atom stereocenters. The van der Waals surface area contributed by atoms with Gasteiger partial charge in [0.05, 0.1) is 43.2 Å². The quantitative estimate of drug-likeness (QED) is 0.0889. The van der Waals surface area contributed by atoms with Crippen molar-refractivity contribution in [3.8, 4) is 0 Å². The van der Waals surface area contributed by atoms with E-state index in [4.69, 9.17) is 0 Å². The number of hydrogen-bond donors (Lipinski definition) is 8. The van der Waals surface area contributed by atoms with Crippen LogP contribution in [0.25, 0.3) is 0 Å². The van der Waals surface area contributed by atoms with Gasteiger partial charge in [-0.1, -0.05) is 100 Å². The zero-order chi connectivity index (χ0) is 33.3. The predicted molar refractivity (Wildman–Crippen MR) is 195 cm³/mol. The van der Waals surface area contributed by atoms with Crippen molar-refractivity contribution in [2.24, 2.45) is 47.3 Å². The van der Waals surface area contributed by atoms with Crippen LogP contribution in [-0.4, -0.2) is 55.1 Å². The summed E-state index contributed by atoms with van der Waals surface area (Å²) in [5, 5.41) is 33.7. The summed E-state index contributed by atoms with van der Waals surface area (Å²) in [4.78, 5) is 0. The topological polar surface area (TPSA) is 130 Å². The van der Waals surface area contributed by atoms with Gasteiger partial charge in [-0.2, -0.15) is 6.42 Å². The van der Waals surface area contributed by atoms with Crippen molar-refractivity contribution in [2.45, 2.75) is 178 Å². The zero-order valence-corrected chi connectivity index (χ0v) is 34.7. The van der Waals surface area contributed by atoms with E-state index in [1.54, 1.807) is 0 Å². The van der Waals surface area contributed by atoms with Crippen molar-refractivity contribution in [3.63, 3.8) is 0 Å². The summed E-state index contributed by atoms with van der Waals surface area (Å²) < 4.78 is 19.9. The van der Waals surface area contributed by atoms with Crippen LogP contribution >= 0.6 is 0 Å². The smallest absolute Gasteiger partial charge is 0.424 e. The fraction of sp³-hybridized carbons (Fsp3) is 0.974. The molecule has 10 nitrogen and oxygen atoms in total. The molecule has 0 aromatic carbocycles. The average molecular weight is 766 g/mol. The molecule has 9 rings (SSSR count). The molecule has 12 heteroatoms. The maximum atomic E-state index is 9.96. The van der Waals surface area contributed by atoms with Crippen LogP contribution < -0.4 is 42.5 Å². The average Bonchev–Trinajstić information content (AvgIpc) is 3.86. The van der Waals surface area contributed by atoms with E-state index >= 15 is 0 Å². The second-order valence-corrected chi connectivity index (χ2v) is 18.5. The van der Waals surface area contributed by atoms with Crippen LogP contribution in [0.2, 0.25) is 0 Å². The molecule has 0 spiro atoms. The first-order valence-corrected chi connectivity index (χ1v) is 22.3. The van der Waals surface area contributed by atoms with Gasteiger partial charge in [0.1, 0.15) is 0 Å². The van der Waals surface area contributed by atoms with E-state index in [0.717, 1.165) is 61.2 Å². The van der Waals surface area contributed by atoms with E-state index in [2.05, 4.69) is 55.9 Å². The number of rotatable bonds is 5. The second kappa shape index (κ2) is 17.8. The molecule has 5 aliphatic heterocycles. The molecular formula is C38H68N8O2SZn. The van der Waals surface area contributed by atoms with E-state index in [-0.39, 0.29) is 19.5 Å². The summed E-state index contributed by atoms with van der Waals surface area (Å²) in [7, 11) is -1.82. The van der Waals surface area contributed by atoms with Crippen molar-refractivity contribution in [2.75, 3.05) is 5.75 Å². The minimum Gasteiger partial charge on any atom is -0.424 e. The van der Waals surface area contributed by atoms with Crippen LogP contribution in [0.4, 0.5) is 0 Å². The van der Waals surface area contributed by atoms with Crippen LogP contribution in [0.15, 0.2) is 0 Å². The van der Waals surface area contributed by atoms with Crippen molar-refractivity contribution < 1.29 is 27.9 Å². The third-order valence-electron chi connectivity index (χ3n) is 14.7. The molecule has 0 radical (unpaired) electrons. The van der Waals surface area contributed by atoms with Gasteiger partial charge in [0.25, 0.3) is 0 Å². The van der Waals surface area contributed by atoms with Gasteiger partial charge in [-0.25, -0.2) is 0 Å². The van der Waals surface area contributed by atoms with Crippen LogP contribution in [0.3, 0.4) is 0 Å². The summed E-state index contributed by atoms with van der Waals surface area (Å²) in [6.45, 7) is 2.11. The fourth-order valence-corrected chi connectivity index (χ4v) is 12.8. The van der Waals surface area contributed by atoms with Crippen LogP contribution in [0, 0.1) is 53.8 Å². The summed E-state index contributed by atoms with van der Waals surface area (Å²) >= 11 is 0. The Morgan fingerprint density at radius 2 is 0.800 bits per heavy atom. The minimum absolute atomic E-state index is 0. The Hall–Kier alpha value is 0.253. The van der Waals surface area contributed by atoms with Crippen molar-refractivity contribution >= 4 is 10.7 Å². The molecule has 4 aliphatic carbocycles. The molecule has 8 N–H and O–H groups in total. The third-order valence-corrected chi connectivity index (χ3v) is 15.3. The summed E-state index contributed by atoms with van der Waals surface area (Å²) in [6.07, 6.45) is 30.6. The van der Waals surface area contributed by atoms with Gasteiger partial charge in [-0.05, 0) is 80.0 Å². The summed E-state index contributed by atoms with van der Waals surface area (Å²) in [5.74, 6) is 6.07. The Labute approximate surface area is 317 Å². The molecule has 280 valence electrons. The predicted octanol–water partition coefficient (Wildman–Crippen LogP) is 4.29. The standard InChI is InChI=1S/C32H55N8.C6H13O2S.Zn/c1-2-10-18-17(9-1)25-33-26(18)38-28-21-13-5-6-14-22(21)30(35-28)40-32-24-16-8-7-15-23(24)31(36-32)39-29-20-12-4-3-11-19(20)27(34-29)37-25;1-2-3-4-5-6-9(7)8;/h9,17-40H,1-8,10-16H2;2-6H2,1H3;/q2*-1;+2. The largest absolute Gasteiger partial charge is 2.00 e. The van der Waals surface area contributed by atoms with E-state index in [1.807, 2.05) is 0 Å². The van der Waals surface area contributed by atoms with Gasteiger partial charge in [0, 0.05) is 6.17 Å². The number of nitrogens with one attached hydrogen (secondary N) is 8. The van der Waals surface area contributed by atoms with E-state index in [1.165, 1.54) is 96.3 Å². The van der Waals surface area contributed by atoms with Crippen molar-refractivity contribution in [3.05, 3.63) is 6.42 Å². The molecule has 0 amide bonds. The number of fused-ring (bicyclic) bond motifs is 20. The fourth-order valence-electron chi connectivity index (χ4n) is 12.4. The Balaban J connectivity index is 0.000000350. The van der Waals surface area contributed by atoms with Gasteiger partial charge >= 0.3 is 19.5 Å². The van der Waals surface area contributed by atoms with Gasteiger partial charge < -0.3 is 14.8 Å². The third kappa shape index (κ3) is 8.25. The van der Waals surface area contributed by atoms with Crippen LogP contribution in [-0.2, 0) is 38.6 Å². The van der Waals surface area contributed by atoms with Crippen LogP contribution in [0.1, 0.15) is 129 Å². The molecule has 16 unspecified atom stereocenters. The van der Waals surface area contributed by atoms with Crippen LogP contribution in [0.5, 0.6) is 0 Å². The molecule has 9 fully saturated rings. The Bertz CT molecular complexity index is 952. The zero-order valence-electron chi connectivity index (χ0n) is 30.9. The van der Waals surface area contributed by atoms with Crippen molar-refractivity contribution in [1.29, 1.82) is 0 Å². The molecule has 5 heterocycles. The molecule has 50 heavy (non-hydrogen) atoms. The summed E-state index contributed by atoms with van der Waals surface area (Å²) in [6, 6.07) is 0. The van der Waals surface area contributed by atoms with Gasteiger partial charge in [-0.3, -0.25) is 42.5 Å². The normalized spacial score (nSPS) is 48.0. The molecular weight excluding hydrogens is 698 g/mol. The maximum absolute atomic E-state index is 9.96. The maximum Gasteiger partial charge on any atom is 2.00 e. The summed E-state index contributed by atoms with van der Waals surface area (Å²) in [5.41, 5.74) is 0. The molecule has 8 bridgehead atoms. The number of unbranched alkanes of at least 4 members (excludes halogenated alkanes) is 3. The molecule has 4 saturated carbocycles. The SMILES string of the molecule is CCCCCC[S-](=O)=O.[CH-]1CCCC2C3NC(NC4NC(NC5NC(NC6NC(N3)C3CCCCC63)C3CCCCC53)C3CCCCC43)C12.[Zn+2]. The molecule has 0 aromatic rings. The number of hydrogen-bond acceptors (Lipinski definition) is 11. The second-order valence-electron chi connectivity index (χ2n) is 17.5. The minimum atomic E-state index is -1.82. The first-order chi connectivity index (χ1) is 24.1. The van der Waals surface area contributed by atoms with Gasteiger partial charge in [0.2, 0.25) is 0 Å². The molecule has 5 saturated heterocycles. The van der Waals surface area contributed by atoms with E-state index < -0.39 is 10.7 Å². The molecule has 0 aromatic heterocycles. The van der Waals surface area contributed by atoms with E-state index in [9.17, 15) is 8.42 Å². The van der Waals surface area contributed by atoms with Gasteiger partial charge in [-0.15, -0.1) is 5.92 Å². The molecule has 9 aliphatic rings.